The normalized spacial score (nSPS) is 11.5. The Morgan fingerprint density at radius 3 is 2.43 bits per heavy atom. The van der Waals surface area contributed by atoms with Crippen LogP contribution in [0.2, 0.25) is 5.02 Å². The average Bonchev–Trinajstić information content (AvgIpc) is 3.07. The van der Waals surface area contributed by atoms with Crippen molar-refractivity contribution in [1.82, 2.24) is 9.29 Å². The van der Waals surface area contributed by atoms with E-state index in [1.165, 1.54) is 43.6 Å². The number of methoxy groups -OCH3 is 1. The maximum Gasteiger partial charge on any atom is 0.259 e. The molecule has 0 saturated heterocycles. The van der Waals surface area contributed by atoms with Gasteiger partial charge in [-0.25, -0.2) is 17.7 Å². The van der Waals surface area contributed by atoms with E-state index in [-0.39, 0.29) is 15.5 Å². The number of carbonyl (C=O) groups excluding carboxylic acids is 1. The van der Waals surface area contributed by atoms with Gasteiger partial charge in [-0.3, -0.25) is 10.1 Å². The molecule has 3 aromatic rings. The number of carbonyl (C=O) groups is 1. The summed E-state index contributed by atoms with van der Waals surface area (Å²) in [7, 11) is 0.741. The summed E-state index contributed by atoms with van der Waals surface area (Å²) in [4.78, 5) is 18.2. The van der Waals surface area contributed by atoms with E-state index in [9.17, 15) is 13.2 Å². The molecule has 1 N–H and O–H groups in total. The number of thiazole rings is 1. The highest BCUT2D eigenvalue weighted by Crippen LogP contribution is 2.32. The second kappa shape index (κ2) is 8.73. The molecular formula is C20H20ClN3O4S2. The van der Waals surface area contributed by atoms with E-state index in [0.29, 0.717) is 5.13 Å². The van der Waals surface area contributed by atoms with Gasteiger partial charge in [-0.2, -0.15) is 0 Å². The fraction of sp³-hybridized carbons (Fsp3) is 0.200. The third-order valence-corrected chi connectivity index (χ3v) is 7.37. The van der Waals surface area contributed by atoms with Gasteiger partial charge in [0.05, 0.1) is 28.3 Å². The fourth-order valence-corrected chi connectivity index (χ4v) is 4.64. The van der Waals surface area contributed by atoms with Gasteiger partial charge in [0.25, 0.3) is 5.91 Å². The quantitative estimate of drug-likeness (QED) is 0.586. The molecule has 0 aliphatic carbocycles. The average molecular weight is 466 g/mol. The van der Waals surface area contributed by atoms with Crippen LogP contribution < -0.4 is 10.1 Å². The second-order valence-corrected chi connectivity index (χ2v) is 10.3. The van der Waals surface area contributed by atoms with Crippen LogP contribution in [0, 0.1) is 6.92 Å². The Morgan fingerprint density at radius 1 is 1.17 bits per heavy atom. The predicted octanol–water partition coefficient (Wildman–Crippen LogP) is 4.28. The van der Waals surface area contributed by atoms with Crippen LogP contribution in [0.15, 0.2) is 47.4 Å². The number of amides is 1. The zero-order valence-corrected chi connectivity index (χ0v) is 19.2. The molecule has 3 rings (SSSR count). The first-order chi connectivity index (χ1) is 14.1. The molecule has 1 amide bonds. The Hall–Kier alpha value is -2.46. The van der Waals surface area contributed by atoms with Crippen LogP contribution >= 0.6 is 22.9 Å². The number of rotatable bonds is 6. The minimum Gasteiger partial charge on any atom is -0.497 e. The summed E-state index contributed by atoms with van der Waals surface area (Å²) in [6, 6.07) is 11.5. The van der Waals surface area contributed by atoms with Gasteiger partial charge in [-0.05, 0) is 49.4 Å². The summed E-state index contributed by atoms with van der Waals surface area (Å²) in [6.45, 7) is 1.91. The number of anilines is 1. The molecule has 2 aromatic carbocycles. The summed E-state index contributed by atoms with van der Waals surface area (Å²) in [5.74, 6) is 0.202. The maximum absolute atomic E-state index is 12.8. The van der Waals surface area contributed by atoms with Crippen LogP contribution in [-0.4, -0.2) is 44.8 Å². The van der Waals surface area contributed by atoms with E-state index in [1.807, 2.05) is 31.2 Å². The molecule has 30 heavy (non-hydrogen) atoms. The van der Waals surface area contributed by atoms with Crippen LogP contribution in [0.5, 0.6) is 5.75 Å². The molecule has 10 heteroatoms. The van der Waals surface area contributed by atoms with E-state index in [2.05, 4.69) is 10.3 Å². The number of aryl methyl sites for hydroxylation is 1. The van der Waals surface area contributed by atoms with E-state index in [1.54, 1.807) is 7.11 Å². The Balaban J connectivity index is 1.88. The number of hydrogen-bond acceptors (Lipinski definition) is 6. The Labute approximate surface area is 184 Å². The summed E-state index contributed by atoms with van der Waals surface area (Å²) in [5.41, 5.74) is 1.69. The van der Waals surface area contributed by atoms with Crippen molar-refractivity contribution in [3.8, 4) is 17.0 Å². The third kappa shape index (κ3) is 4.49. The van der Waals surface area contributed by atoms with Crippen LogP contribution in [-0.2, 0) is 10.0 Å². The number of halogens is 1. The number of nitrogens with one attached hydrogen (secondary N) is 1. The number of nitrogens with zero attached hydrogens (tertiary/aromatic N) is 2. The lowest BCUT2D eigenvalue weighted by molar-refractivity contribution is 0.102. The van der Waals surface area contributed by atoms with Gasteiger partial charge in [-0.15, -0.1) is 11.3 Å². The van der Waals surface area contributed by atoms with Gasteiger partial charge >= 0.3 is 0 Å². The minimum absolute atomic E-state index is 0.0173. The molecule has 0 radical (unpaired) electrons. The highest BCUT2D eigenvalue weighted by atomic mass is 35.5. The largest absolute Gasteiger partial charge is 0.497 e. The summed E-state index contributed by atoms with van der Waals surface area (Å²) in [5, 5.41) is 3.25. The summed E-state index contributed by atoms with van der Waals surface area (Å²) < 4.78 is 31.0. The van der Waals surface area contributed by atoms with Gasteiger partial charge in [0.15, 0.2) is 5.13 Å². The lowest BCUT2D eigenvalue weighted by Gasteiger charge is -2.13. The lowest BCUT2D eigenvalue weighted by atomic mass is 10.1. The summed E-state index contributed by atoms with van der Waals surface area (Å²) >= 11 is 7.47. The monoisotopic (exact) mass is 465 g/mol. The summed E-state index contributed by atoms with van der Waals surface area (Å²) in [6.07, 6.45) is 0. The first-order valence-corrected chi connectivity index (χ1v) is 11.4. The predicted molar refractivity (Wildman–Crippen MR) is 119 cm³/mol. The molecule has 1 heterocycles. The van der Waals surface area contributed by atoms with Gasteiger partial charge in [0.2, 0.25) is 10.0 Å². The van der Waals surface area contributed by atoms with Crippen molar-refractivity contribution in [2.45, 2.75) is 11.8 Å². The van der Waals surface area contributed by atoms with E-state index >= 15 is 0 Å². The van der Waals surface area contributed by atoms with Crippen molar-refractivity contribution in [2.75, 3.05) is 26.5 Å². The molecule has 1 aromatic heterocycles. The molecule has 7 nitrogen and oxygen atoms in total. The van der Waals surface area contributed by atoms with Crippen LogP contribution in [0.25, 0.3) is 11.3 Å². The standard InChI is InChI=1S/C20H20ClN3O4S2/c1-12-18(13-5-7-14(28-4)8-6-13)22-20(29-12)23-19(25)16-11-15(9-10-17(16)21)30(26,27)24(2)3/h5-11H,1-4H3,(H,22,23,25). The van der Waals surface area contributed by atoms with E-state index < -0.39 is 15.9 Å². The van der Waals surface area contributed by atoms with Gasteiger partial charge < -0.3 is 4.74 Å². The molecule has 0 unspecified atom stereocenters. The minimum atomic E-state index is -3.70. The van der Waals surface area contributed by atoms with E-state index in [0.717, 1.165) is 26.2 Å². The van der Waals surface area contributed by atoms with Crippen LogP contribution in [0.4, 0.5) is 5.13 Å². The van der Waals surface area contributed by atoms with Crippen molar-refractivity contribution in [2.24, 2.45) is 0 Å². The van der Waals surface area contributed by atoms with Crippen molar-refractivity contribution in [3.05, 3.63) is 57.9 Å². The lowest BCUT2D eigenvalue weighted by Crippen LogP contribution is -2.23. The molecular weight excluding hydrogens is 446 g/mol. The molecule has 0 aliphatic rings. The molecule has 0 spiro atoms. The first-order valence-electron chi connectivity index (χ1n) is 8.78. The molecule has 0 atom stereocenters. The Bertz CT molecular complexity index is 1190. The van der Waals surface area contributed by atoms with E-state index in [4.69, 9.17) is 16.3 Å². The Kier molecular flexibility index (Phi) is 6.47. The van der Waals surface area contributed by atoms with Gasteiger partial charge in [0, 0.05) is 24.5 Å². The zero-order chi connectivity index (χ0) is 22.1. The number of benzene rings is 2. The van der Waals surface area contributed by atoms with Crippen molar-refractivity contribution in [1.29, 1.82) is 0 Å². The maximum atomic E-state index is 12.8. The van der Waals surface area contributed by atoms with Gasteiger partial charge in [0.1, 0.15) is 5.75 Å². The van der Waals surface area contributed by atoms with Crippen LogP contribution in [0.3, 0.4) is 0 Å². The van der Waals surface area contributed by atoms with Gasteiger partial charge in [-0.1, -0.05) is 11.6 Å². The zero-order valence-electron chi connectivity index (χ0n) is 16.8. The number of sulfonamides is 1. The molecule has 158 valence electrons. The van der Waals surface area contributed by atoms with Crippen molar-refractivity contribution < 1.29 is 17.9 Å². The fourth-order valence-electron chi connectivity index (χ4n) is 2.68. The highest BCUT2D eigenvalue weighted by molar-refractivity contribution is 7.89. The number of hydrogen-bond donors (Lipinski definition) is 1. The molecule has 0 bridgehead atoms. The number of aromatic nitrogens is 1. The smallest absolute Gasteiger partial charge is 0.259 e. The Morgan fingerprint density at radius 2 is 1.83 bits per heavy atom. The third-order valence-electron chi connectivity index (χ3n) is 4.34. The highest BCUT2D eigenvalue weighted by Gasteiger charge is 2.21. The SMILES string of the molecule is COc1ccc(-c2nc(NC(=O)c3cc(S(=O)(=O)N(C)C)ccc3Cl)sc2C)cc1. The second-order valence-electron chi connectivity index (χ2n) is 6.54. The van der Waals surface area contributed by atoms with Crippen molar-refractivity contribution >= 4 is 44.0 Å². The topological polar surface area (TPSA) is 88.6 Å². The first kappa shape index (κ1) is 22.2. The van der Waals surface area contributed by atoms with Crippen LogP contribution in [0.1, 0.15) is 15.2 Å². The molecule has 0 aliphatic heterocycles. The number of ether oxygens (including phenoxy) is 1. The molecule has 0 fully saturated rings. The van der Waals surface area contributed by atoms with Crippen molar-refractivity contribution in [3.63, 3.8) is 0 Å². The molecule has 0 saturated carbocycles.